The number of nitrogens with zero attached hydrogens (tertiary/aromatic N) is 3. The van der Waals surface area contributed by atoms with Crippen LogP contribution in [0.1, 0.15) is 42.0 Å². The average Bonchev–Trinajstić information content (AvgIpc) is 3.20. The SMILES string of the molecule is Cc1ccccc1[C@@H]1CC(c2cccc(F)c2)=NN1C(=O)CN1CCC(C(N)=O)CC1. The molecule has 1 saturated heterocycles. The van der Waals surface area contributed by atoms with Crippen LogP contribution < -0.4 is 5.73 Å². The number of carbonyl (C=O) groups is 2. The summed E-state index contributed by atoms with van der Waals surface area (Å²) in [7, 11) is 0. The monoisotopic (exact) mass is 422 g/mol. The Morgan fingerprint density at radius 2 is 1.87 bits per heavy atom. The topological polar surface area (TPSA) is 79.0 Å². The lowest BCUT2D eigenvalue weighted by atomic mass is 9.95. The van der Waals surface area contributed by atoms with Gasteiger partial charge in [0.2, 0.25) is 5.91 Å². The Bertz CT molecular complexity index is 1010. The zero-order valence-electron chi connectivity index (χ0n) is 17.6. The van der Waals surface area contributed by atoms with Crippen LogP contribution in [0.25, 0.3) is 0 Å². The first-order valence-electron chi connectivity index (χ1n) is 10.6. The number of primary amides is 1. The van der Waals surface area contributed by atoms with Gasteiger partial charge in [0, 0.05) is 17.9 Å². The van der Waals surface area contributed by atoms with Crippen molar-refractivity contribution in [1.82, 2.24) is 9.91 Å². The van der Waals surface area contributed by atoms with Gasteiger partial charge in [0.1, 0.15) is 5.82 Å². The molecule has 2 N–H and O–H groups in total. The maximum Gasteiger partial charge on any atom is 0.257 e. The minimum absolute atomic E-state index is 0.0998. The molecule has 2 heterocycles. The Morgan fingerprint density at radius 3 is 2.55 bits per heavy atom. The van der Waals surface area contributed by atoms with Gasteiger partial charge in [-0.25, -0.2) is 9.40 Å². The molecule has 0 spiro atoms. The zero-order chi connectivity index (χ0) is 22.0. The van der Waals surface area contributed by atoms with Crippen LogP contribution in [0.3, 0.4) is 0 Å². The molecule has 0 aliphatic carbocycles. The van der Waals surface area contributed by atoms with Gasteiger partial charge in [-0.1, -0.05) is 36.4 Å². The minimum atomic E-state index is -0.324. The molecule has 0 radical (unpaired) electrons. The standard InChI is InChI=1S/C24H27FN4O2/c1-16-5-2-3-8-20(16)22-14-21(18-6-4-7-19(25)13-18)27-29(22)23(30)15-28-11-9-17(10-12-28)24(26)31/h2-8,13,17,22H,9-12,14-15H2,1H3,(H2,26,31)/t22-/m0/s1. The van der Waals surface area contributed by atoms with Crippen LogP contribution >= 0.6 is 0 Å². The van der Waals surface area contributed by atoms with Crippen LogP contribution in [-0.4, -0.2) is 47.1 Å². The number of carbonyl (C=O) groups excluding carboxylic acids is 2. The van der Waals surface area contributed by atoms with Crippen molar-refractivity contribution in [3.05, 3.63) is 71.0 Å². The van der Waals surface area contributed by atoms with E-state index in [0.717, 1.165) is 11.1 Å². The van der Waals surface area contributed by atoms with Crippen molar-refractivity contribution in [2.24, 2.45) is 16.8 Å². The van der Waals surface area contributed by atoms with Crippen LogP contribution in [0, 0.1) is 18.7 Å². The van der Waals surface area contributed by atoms with Crippen LogP contribution in [0.4, 0.5) is 4.39 Å². The molecular formula is C24H27FN4O2. The molecule has 0 saturated carbocycles. The number of aryl methyl sites for hydroxylation is 1. The summed E-state index contributed by atoms with van der Waals surface area (Å²) >= 11 is 0. The highest BCUT2D eigenvalue weighted by Gasteiger charge is 2.35. The average molecular weight is 423 g/mol. The van der Waals surface area contributed by atoms with E-state index in [1.165, 1.54) is 12.1 Å². The lowest BCUT2D eigenvalue weighted by Gasteiger charge is -2.31. The maximum atomic E-state index is 13.8. The van der Waals surface area contributed by atoms with Crippen molar-refractivity contribution in [3.63, 3.8) is 0 Å². The van der Waals surface area contributed by atoms with Gasteiger partial charge in [-0.15, -0.1) is 0 Å². The predicted molar refractivity (Wildman–Crippen MR) is 117 cm³/mol. The van der Waals surface area contributed by atoms with Gasteiger partial charge in [0.05, 0.1) is 18.3 Å². The molecular weight excluding hydrogens is 395 g/mol. The van der Waals surface area contributed by atoms with Crippen molar-refractivity contribution < 1.29 is 14.0 Å². The van der Waals surface area contributed by atoms with E-state index >= 15 is 0 Å². The highest BCUT2D eigenvalue weighted by atomic mass is 19.1. The van der Waals surface area contributed by atoms with E-state index in [1.807, 2.05) is 42.2 Å². The van der Waals surface area contributed by atoms with Crippen molar-refractivity contribution in [1.29, 1.82) is 0 Å². The second-order valence-electron chi connectivity index (χ2n) is 8.32. The van der Waals surface area contributed by atoms with Gasteiger partial charge in [0.25, 0.3) is 5.91 Å². The Balaban J connectivity index is 1.56. The second kappa shape index (κ2) is 8.98. The Morgan fingerprint density at radius 1 is 1.13 bits per heavy atom. The van der Waals surface area contributed by atoms with E-state index in [9.17, 15) is 14.0 Å². The van der Waals surface area contributed by atoms with Crippen LogP contribution in [0.15, 0.2) is 53.6 Å². The molecule has 0 aromatic heterocycles. The van der Waals surface area contributed by atoms with Crippen LogP contribution in [0.5, 0.6) is 0 Å². The van der Waals surface area contributed by atoms with E-state index in [4.69, 9.17) is 5.73 Å². The number of hydrogen-bond donors (Lipinski definition) is 1. The van der Waals surface area contributed by atoms with E-state index < -0.39 is 0 Å². The predicted octanol–water partition coefficient (Wildman–Crippen LogP) is 3.01. The van der Waals surface area contributed by atoms with Crippen LogP contribution in [0.2, 0.25) is 0 Å². The van der Waals surface area contributed by atoms with Crippen molar-refractivity contribution in [2.45, 2.75) is 32.2 Å². The number of hydrazone groups is 1. The molecule has 7 heteroatoms. The van der Waals surface area contributed by atoms with Crippen molar-refractivity contribution in [2.75, 3.05) is 19.6 Å². The quantitative estimate of drug-likeness (QED) is 0.805. The Kier molecular flexibility index (Phi) is 6.13. The smallest absolute Gasteiger partial charge is 0.257 e. The van der Waals surface area contributed by atoms with E-state index in [-0.39, 0.29) is 36.1 Å². The highest BCUT2D eigenvalue weighted by molar-refractivity contribution is 6.03. The van der Waals surface area contributed by atoms with Gasteiger partial charge in [-0.3, -0.25) is 14.5 Å². The number of hydrogen-bond acceptors (Lipinski definition) is 4. The molecule has 6 nitrogen and oxygen atoms in total. The largest absolute Gasteiger partial charge is 0.369 e. The number of halogens is 1. The maximum absolute atomic E-state index is 13.8. The molecule has 2 aliphatic rings. The third-order valence-electron chi connectivity index (χ3n) is 6.22. The molecule has 2 aromatic carbocycles. The molecule has 0 bridgehead atoms. The summed E-state index contributed by atoms with van der Waals surface area (Å²) in [5.41, 5.74) is 8.93. The van der Waals surface area contributed by atoms with E-state index in [0.29, 0.717) is 43.6 Å². The first-order valence-corrected chi connectivity index (χ1v) is 10.6. The Hall–Kier alpha value is -3.06. The fourth-order valence-electron chi connectivity index (χ4n) is 4.43. The molecule has 2 aliphatic heterocycles. The summed E-state index contributed by atoms with van der Waals surface area (Å²) in [6, 6.07) is 14.1. The number of likely N-dealkylation sites (tertiary alicyclic amines) is 1. The van der Waals surface area contributed by atoms with Crippen molar-refractivity contribution >= 4 is 17.5 Å². The highest BCUT2D eigenvalue weighted by Crippen LogP contribution is 2.34. The van der Waals surface area contributed by atoms with E-state index in [1.54, 1.807) is 11.1 Å². The minimum Gasteiger partial charge on any atom is -0.369 e. The van der Waals surface area contributed by atoms with Gasteiger partial charge in [0.15, 0.2) is 0 Å². The molecule has 1 fully saturated rings. The number of nitrogens with two attached hydrogens (primary N) is 1. The number of amides is 2. The van der Waals surface area contributed by atoms with Gasteiger partial charge >= 0.3 is 0 Å². The lowest BCUT2D eigenvalue weighted by Crippen LogP contribution is -2.44. The normalized spacial score (nSPS) is 20.0. The van der Waals surface area contributed by atoms with Crippen molar-refractivity contribution in [3.8, 4) is 0 Å². The van der Waals surface area contributed by atoms with Gasteiger partial charge in [-0.05, 0) is 56.1 Å². The molecule has 0 unspecified atom stereocenters. The molecule has 1 atom stereocenters. The van der Waals surface area contributed by atoms with Gasteiger partial charge < -0.3 is 5.73 Å². The summed E-state index contributed by atoms with van der Waals surface area (Å²) in [6.45, 7) is 3.56. The third-order valence-corrected chi connectivity index (χ3v) is 6.22. The third kappa shape index (κ3) is 4.66. The molecule has 2 aromatic rings. The van der Waals surface area contributed by atoms with Crippen LogP contribution in [-0.2, 0) is 9.59 Å². The number of piperidine rings is 1. The summed E-state index contributed by atoms with van der Waals surface area (Å²) in [5, 5.41) is 6.20. The summed E-state index contributed by atoms with van der Waals surface area (Å²) in [5.74, 6) is -0.808. The lowest BCUT2D eigenvalue weighted by molar-refractivity contribution is -0.134. The fourth-order valence-corrected chi connectivity index (χ4v) is 4.43. The molecule has 31 heavy (non-hydrogen) atoms. The Labute approximate surface area is 181 Å². The summed E-state index contributed by atoms with van der Waals surface area (Å²) < 4.78 is 13.8. The summed E-state index contributed by atoms with van der Waals surface area (Å²) in [4.78, 5) is 26.7. The first-order chi connectivity index (χ1) is 14.9. The molecule has 162 valence electrons. The summed E-state index contributed by atoms with van der Waals surface area (Å²) in [6.07, 6.45) is 1.87. The molecule has 4 rings (SSSR count). The molecule has 2 amide bonds. The number of benzene rings is 2. The van der Waals surface area contributed by atoms with E-state index in [2.05, 4.69) is 5.10 Å². The van der Waals surface area contributed by atoms with Gasteiger partial charge in [-0.2, -0.15) is 5.10 Å². The fraction of sp³-hybridized carbons (Fsp3) is 0.375. The first kappa shape index (κ1) is 21.2. The number of rotatable bonds is 5. The zero-order valence-corrected chi connectivity index (χ0v) is 17.6. The second-order valence-corrected chi connectivity index (χ2v) is 8.32.